The fourth-order valence-electron chi connectivity index (χ4n) is 1.94. The highest BCUT2D eigenvalue weighted by Gasteiger charge is 2.12. The van der Waals surface area contributed by atoms with Gasteiger partial charge in [-0.15, -0.1) is 0 Å². The molecule has 2 aromatic heterocycles. The molecule has 102 valence electrons. The van der Waals surface area contributed by atoms with Crippen LogP contribution in [-0.2, 0) is 16.0 Å². The minimum atomic E-state index is -0.508. The van der Waals surface area contributed by atoms with Gasteiger partial charge in [0, 0.05) is 26.5 Å². The molecule has 0 radical (unpaired) electrons. The number of ether oxygens (including phenoxy) is 2. The summed E-state index contributed by atoms with van der Waals surface area (Å²) in [5, 5.41) is 0.396. The summed E-state index contributed by atoms with van der Waals surface area (Å²) in [6, 6.07) is 2.89. The van der Waals surface area contributed by atoms with Crippen LogP contribution in [-0.4, -0.2) is 25.1 Å². The minimum Gasteiger partial charge on any atom is -0.422 e. The molecule has 6 nitrogen and oxygen atoms in total. The van der Waals surface area contributed by atoms with Crippen molar-refractivity contribution in [1.29, 1.82) is 0 Å². The van der Waals surface area contributed by atoms with Crippen molar-refractivity contribution in [3.8, 4) is 0 Å². The molecule has 0 aliphatic carbocycles. The number of hydrogen-bond donors (Lipinski definition) is 0. The van der Waals surface area contributed by atoms with Crippen LogP contribution in [0, 0.1) is 6.92 Å². The van der Waals surface area contributed by atoms with Gasteiger partial charge >= 0.3 is 5.63 Å². The van der Waals surface area contributed by atoms with Crippen molar-refractivity contribution < 1.29 is 13.9 Å². The molecule has 0 N–H and O–H groups in total. The molecule has 0 amide bonds. The van der Waals surface area contributed by atoms with Gasteiger partial charge < -0.3 is 18.5 Å². The minimum absolute atomic E-state index is 0.238. The molecule has 0 saturated heterocycles. The molecule has 0 aliphatic heterocycles. The number of rotatable bonds is 4. The molecular formula is C13H15NO5. The average Bonchev–Trinajstić information content (AvgIpc) is 2.37. The maximum atomic E-state index is 12.3. The van der Waals surface area contributed by atoms with Crippen LogP contribution in [0.3, 0.4) is 0 Å². The lowest BCUT2D eigenvalue weighted by molar-refractivity contribution is -0.111. The Balaban J connectivity index is 2.58. The Morgan fingerprint density at radius 3 is 2.63 bits per heavy atom. The van der Waals surface area contributed by atoms with Gasteiger partial charge in [0.2, 0.25) is 0 Å². The second kappa shape index (κ2) is 5.38. The first-order chi connectivity index (χ1) is 9.06. The van der Waals surface area contributed by atoms with Gasteiger partial charge in [-0.25, -0.2) is 4.79 Å². The van der Waals surface area contributed by atoms with Crippen molar-refractivity contribution in [1.82, 2.24) is 4.57 Å². The van der Waals surface area contributed by atoms with E-state index in [1.165, 1.54) is 24.9 Å². The smallest absolute Gasteiger partial charge is 0.336 e. The summed E-state index contributed by atoms with van der Waals surface area (Å²) in [7, 11) is 3.01. The fraction of sp³-hybridized carbons (Fsp3) is 0.385. The Labute approximate surface area is 109 Å². The normalized spacial score (nSPS) is 11.4. The average molecular weight is 265 g/mol. The van der Waals surface area contributed by atoms with Crippen molar-refractivity contribution in [2.24, 2.45) is 0 Å². The Morgan fingerprint density at radius 1 is 1.32 bits per heavy atom. The number of hydrogen-bond acceptors (Lipinski definition) is 5. The summed E-state index contributed by atoms with van der Waals surface area (Å²) >= 11 is 0. The third-order valence-electron chi connectivity index (χ3n) is 2.94. The lowest BCUT2D eigenvalue weighted by Crippen LogP contribution is -2.29. The number of nitrogens with zero attached hydrogens (tertiary/aromatic N) is 1. The molecule has 0 atom stereocenters. The molecule has 19 heavy (non-hydrogen) atoms. The zero-order valence-corrected chi connectivity index (χ0v) is 11.0. The van der Waals surface area contributed by atoms with E-state index < -0.39 is 11.9 Å². The monoisotopic (exact) mass is 265 g/mol. The van der Waals surface area contributed by atoms with E-state index in [2.05, 4.69) is 0 Å². The van der Waals surface area contributed by atoms with Gasteiger partial charge in [0.05, 0.1) is 11.9 Å². The second-order valence-electron chi connectivity index (χ2n) is 4.16. The van der Waals surface area contributed by atoms with Gasteiger partial charge in [0.1, 0.15) is 5.58 Å². The van der Waals surface area contributed by atoms with Crippen LogP contribution in [0.4, 0.5) is 0 Å². The summed E-state index contributed by atoms with van der Waals surface area (Å²) < 4.78 is 16.6. The lowest BCUT2D eigenvalue weighted by Gasteiger charge is -2.15. The van der Waals surface area contributed by atoms with Gasteiger partial charge in [-0.05, 0) is 18.6 Å². The third kappa shape index (κ3) is 2.59. The standard InChI is InChI=1S/C13H15NO5/c1-8-6-10(15)19-9-4-5-14(13(16)12(8)9)7-11(17-2)18-3/h4-6,11H,7H2,1-3H3. The predicted octanol–water partition coefficient (Wildman–Crippen LogP) is 0.882. The van der Waals surface area contributed by atoms with Crippen LogP contribution >= 0.6 is 0 Å². The van der Waals surface area contributed by atoms with Crippen molar-refractivity contribution in [2.75, 3.05) is 14.2 Å². The molecule has 0 saturated carbocycles. The summed E-state index contributed by atoms with van der Waals surface area (Å²) in [5.41, 5.74) is 0.182. The molecule has 0 unspecified atom stereocenters. The second-order valence-corrected chi connectivity index (χ2v) is 4.16. The van der Waals surface area contributed by atoms with Crippen LogP contribution in [0.5, 0.6) is 0 Å². The van der Waals surface area contributed by atoms with Gasteiger partial charge in [-0.2, -0.15) is 0 Å². The van der Waals surface area contributed by atoms with E-state index >= 15 is 0 Å². The van der Waals surface area contributed by atoms with Crippen LogP contribution < -0.4 is 11.2 Å². The number of methoxy groups -OCH3 is 2. The van der Waals surface area contributed by atoms with Crippen molar-refractivity contribution in [2.45, 2.75) is 19.8 Å². The summed E-state index contributed by atoms with van der Waals surface area (Å²) in [6.07, 6.45) is 1.05. The van der Waals surface area contributed by atoms with Crippen molar-refractivity contribution in [3.05, 3.63) is 44.7 Å². The van der Waals surface area contributed by atoms with Crippen molar-refractivity contribution in [3.63, 3.8) is 0 Å². The van der Waals surface area contributed by atoms with E-state index in [-0.39, 0.29) is 17.7 Å². The van der Waals surface area contributed by atoms with Gasteiger partial charge in [-0.1, -0.05) is 0 Å². The van der Waals surface area contributed by atoms with E-state index in [0.717, 1.165) is 0 Å². The molecule has 2 aromatic rings. The number of aryl methyl sites for hydroxylation is 1. The fourth-order valence-corrected chi connectivity index (χ4v) is 1.94. The topological polar surface area (TPSA) is 70.7 Å². The van der Waals surface area contributed by atoms with E-state index in [0.29, 0.717) is 10.9 Å². The first-order valence-corrected chi connectivity index (χ1v) is 5.76. The van der Waals surface area contributed by atoms with Crippen LogP contribution in [0.1, 0.15) is 5.56 Å². The molecule has 0 aliphatic rings. The predicted molar refractivity (Wildman–Crippen MR) is 69.3 cm³/mol. The number of pyridine rings is 1. The van der Waals surface area contributed by atoms with Crippen LogP contribution in [0.25, 0.3) is 11.0 Å². The number of fused-ring (bicyclic) bond motifs is 1. The van der Waals surface area contributed by atoms with E-state index in [9.17, 15) is 9.59 Å². The van der Waals surface area contributed by atoms with Crippen molar-refractivity contribution >= 4 is 11.0 Å². The quantitative estimate of drug-likeness (QED) is 0.767. The first-order valence-electron chi connectivity index (χ1n) is 5.76. The number of aromatic nitrogens is 1. The highest BCUT2D eigenvalue weighted by molar-refractivity contribution is 5.78. The molecule has 2 heterocycles. The molecular weight excluding hydrogens is 250 g/mol. The molecule has 2 rings (SSSR count). The molecule has 0 spiro atoms. The molecule has 0 fully saturated rings. The maximum absolute atomic E-state index is 12.3. The Hall–Kier alpha value is -1.92. The maximum Gasteiger partial charge on any atom is 0.336 e. The lowest BCUT2D eigenvalue weighted by atomic mass is 10.2. The zero-order valence-electron chi connectivity index (χ0n) is 11.0. The van der Waals surface area contributed by atoms with Crippen LogP contribution in [0.2, 0.25) is 0 Å². The SMILES string of the molecule is COC(Cn1ccc2oc(=O)cc(C)c2c1=O)OC. The van der Waals surface area contributed by atoms with E-state index in [1.54, 1.807) is 19.2 Å². The molecule has 0 aromatic carbocycles. The summed E-state index contributed by atoms with van der Waals surface area (Å²) in [5.74, 6) is 0. The molecule has 6 heteroatoms. The third-order valence-corrected chi connectivity index (χ3v) is 2.94. The van der Waals surface area contributed by atoms with Gasteiger partial charge in [0.25, 0.3) is 5.56 Å². The first kappa shape index (κ1) is 13.5. The molecule has 0 bridgehead atoms. The zero-order chi connectivity index (χ0) is 14.0. The van der Waals surface area contributed by atoms with Gasteiger partial charge in [0.15, 0.2) is 6.29 Å². The highest BCUT2D eigenvalue weighted by Crippen LogP contribution is 2.11. The summed E-state index contributed by atoms with van der Waals surface area (Å²) in [6.45, 7) is 1.97. The Kier molecular flexibility index (Phi) is 3.82. The van der Waals surface area contributed by atoms with Crippen LogP contribution in [0.15, 0.2) is 32.3 Å². The largest absolute Gasteiger partial charge is 0.422 e. The van der Waals surface area contributed by atoms with Gasteiger partial charge in [-0.3, -0.25) is 4.79 Å². The highest BCUT2D eigenvalue weighted by atomic mass is 16.7. The summed E-state index contributed by atoms with van der Waals surface area (Å²) in [4.78, 5) is 23.6. The Bertz CT molecular complexity index is 696. The van der Waals surface area contributed by atoms with E-state index in [1.807, 2.05) is 0 Å². The Morgan fingerprint density at radius 2 is 2.00 bits per heavy atom. The van der Waals surface area contributed by atoms with E-state index in [4.69, 9.17) is 13.9 Å².